The van der Waals surface area contributed by atoms with Gasteiger partial charge in [0.05, 0.1) is 12.3 Å². The van der Waals surface area contributed by atoms with Gasteiger partial charge in [0, 0.05) is 54.5 Å². The van der Waals surface area contributed by atoms with E-state index in [2.05, 4.69) is 72.9 Å². The Balaban J connectivity index is 3.20. The Morgan fingerprint density at radius 1 is 0.800 bits per heavy atom. The molecule has 0 aliphatic carbocycles. The van der Waals surface area contributed by atoms with E-state index in [-0.39, 0.29) is 0 Å². The van der Waals surface area contributed by atoms with E-state index in [4.69, 9.17) is 0 Å². The topological polar surface area (TPSA) is 0 Å². The zero-order valence-corrected chi connectivity index (χ0v) is 20.4. The summed E-state index contributed by atoms with van der Waals surface area (Å²) in [4.78, 5) is 0. The third kappa shape index (κ3) is 9.02. The molecular formula is C23H44P2+2. The van der Waals surface area contributed by atoms with Gasteiger partial charge < -0.3 is 0 Å². The molecule has 2 heteroatoms. The van der Waals surface area contributed by atoms with Crippen molar-refractivity contribution in [2.24, 2.45) is 5.92 Å². The molecule has 0 aliphatic heterocycles. The summed E-state index contributed by atoms with van der Waals surface area (Å²) in [5.41, 5.74) is 6.48. The monoisotopic (exact) mass is 382 g/mol. The molecule has 0 amide bonds. The molecule has 0 N–H and O–H groups in total. The molecule has 1 aromatic carbocycles. The maximum Gasteiger partial charge on any atom is 0.0837 e. The summed E-state index contributed by atoms with van der Waals surface area (Å²) in [6.45, 7) is 21.9. The van der Waals surface area contributed by atoms with Gasteiger partial charge in [-0.2, -0.15) is 0 Å². The van der Waals surface area contributed by atoms with E-state index in [0.29, 0.717) is 0 Å². The average molecular weight is 383 g/mol. The number of unbranched alkanes of at least 4 members (excludes halogenated alkanes) is 1. The molecule has 25 heavy (non-hydrogen) atoms. The van der Waals surface area contributed by atoms with Crippen LogP contribution in [0.1, 0.15) is 61.8 Å². The maximum atomic E-state index is 2.61. The van der Waals surface area contributed by atoms with Crippen LogP contribution in [0.2, 0.25) is 0 Å². The lowest BCUT2D eigenvalue weighted by Crippen LogP contribution is -2.09. The van der Waals surface area contributed by atoms with Gasteiger partial charge in [-0.1, -0.05) is 51.7 Å². The number of rotatable bonds is 10. The Bertz CT molecular complexity index is 532. The Labute approximate surface area is 160 Å². The lowest BCUT2D eigenvalue weighted by molar-refractivity contribution is 0.448. The van der Waals surface area contributed by atoms with Crippen molar-refractivity contribution in [1.29, 1.82) is 0 Å². The van der Waals surface area contributed by atoms with Gasteiger partial charge in [0.2, 0.25) is 0 Å². The van der Waals surface area contributed by atoms with Gasteiger partial charge in [-0.3, -0.25) is 0 Å². The summed E-state index contributed by atoms with van der Waals surface area (Å²) in [6, 6.07) is 5.16. The fourth-order valence-corrected chi connectivity index (χ4v) is 6.33. The Morgan fingerprint density at radius 2 is 1.36 bits per heavy atom. The Morgan fingerprint density at radius 3 is 1.84 bits per heavy atom. The van der Waals surface area contributed by atoms with Gasteiger partial charge in [-0.05, 0) is 41.5 Å². The van der Waals surface area contributed by atoms with Crippen LogP contribution >= 0.6 is 14.5 Å². The summed E-state index contributed by atoms with van der Waals surface area (Å²) in [5, 5.41) is 0. The molecule has 0 spiro atoms. The van der Waals surface area contributed by atoms with Crippen LogP contribution in [0.25, 0.3) is 0 Å². The summed E-state index contributed by atoms with van der Waals surface area (Å²) in [5.74, 6) is 0.858. The van der Waals surface area contributed by atoms with E-state index < -0.39 is 14.5 Å². The number of benzene rings is 1. The molecule has 0 fully saturated rings. The number of hydrogen-bond acceptors (Lipinski definition) is 0. The molecule has 0 aliphatic rings. The highest BCUT2D eigenvalue weighted by atomic mass is 31.2. The van der Waals surface area contributed by atoms with Crippen LogP contribution in [-0.2, 0) is 18.7 Å². The molecule has 1 atom stereocenters. The highest BCUT2D eigenvalue weighted by Gasteiger charge is 2.24. The molecule has 0 heterocycles. The lowest BCUT2D eigenvalue weighted by atomic mass is 9.88. The average Bonchev–Trinajstić information content (AvgIpc) is 2.44. The summed E-state index contributed by atoms with van der Waals surface area (Å²) >= 11 is 0. The molecule has 0 aromatic heterocycles. The number of hydrogen-bond donors (Lipinski definition) is 0. The predicted octanol–water partition coefficient (Wildman–Crippen LogP) is 7.57. The summed E-state index contributed by atoms with van der Waals surface area (Å²) < 4.78 is 0. The Kier molecular flexibility index (Phi) is 9.11. The zero-order valence-electron chi connectivity index (χ0n) is 18.6. The van der Waals surface area contributed by atoms with Crippen LogP contribution in [0, 0.1) is 12.8 Å². The van der Waals surface area contributed by atoms with Crippen LogP contribution in [-0.4, -0.2) is 40.0 Å². The first-order chi connectivity index (χ1) is 11.4. The minimum absolute atomic E-state index is 0.792. The van der Waals surface area contributed by atoms with E-state index in [1.165, 1.54) is 50.0 Å². The largest absolute Gasteiger partial charge is 0.0837 e. The molecule has 1 rings (SSSR count). The second-order valence-corrected chi connectivity index (χ2v) is 19.9. The van der Waals surface area contributed by atoms with Crippen molar-refractivity contribution < 1.29 is 0 Å². The minimum Gasteiger partial charge on any atom is -0.0654 e. The minimum atomic E-state index is -0.807. The van der Waals surface area contributed by atoms with Gasteiger partial charge in [-0.15, -0.1) is 0 Å². The summed E-state index contributed by atoms with van der Waals surface area (Å²) in [6.07, 6.45) is 9.31. The fourth-order valence-electron chi connectivity index (χ4n) is 3.65. The second kappa shape index (κ2) is 9.85. The van der Waals surface area contributed by atoms with Crippen molar-refractivity contribution >= 4 is 14.5 Å². The fraction of sp³-hybridized carbons (Fsp3) is 0.739. The van der Waals surface area contributed by atoms with Crippen molar-refractivity contribution in [1.82, 2.24) is 0 Å². The predicted molar refractivity (Wildman–Crippen MR) is 125 cm³/mol. The van der Waals surface area contributed by atoms with Crippen LogP contribution in [0.15, 0.2) is 12.1 Å². The summed E-state index contributed by atoms with van der Waals surface area (Å²) in [7, 11) is -1.60. The van der Waals surface area contributed by atoms with Gasteiger partial charge in [0.15, 0.2) is 0 Å². The van der Waals surface area contributed by atoms with Crippen LogP contribution < -0.4 is 0 Å². The third-order valence-electron chi connectivity index (χ3n) is 5.00. The van der Waals surface area contributed by atoms with Crippen molar-refractivity contribution in [2.45, 2.75) is 65.2 Å². The highest BCUT2D eigenvalue weighted by Crippen LogP contribution is 2.53. The van der Waals surface area contributed by atoms with Crippen LogP contribution in [0.3, 0.4) is 0 Å². The molecule has 1 aromatic rings. The van der Waals surface area contributed by atoms with Crippen LogP contribution in [0.4, 0.5) is 0 Å². The Hall–Kier alpha value is 0.0800. The van der Waals surface area contributed by atoms with E-state index in [1.54, 1.807) is 16.7 Å². The van der Waals surface area contributed by atoms with Crippen molar-refractivity contribution in [3.05, 3.63) is 34.4 Å². The normalized spacial score (nSPS) is 14.0. The first-order valence-corrected chi connectivity index (χ1v) is 16.8. The highest BCUT2D eigenvalue weighted by molar-refractivity contribution is 7.73. The van der Waals surface area contributed by atoms with Crippen molar-refractivity contribution in [3.63, 3.8) is 0 Å². The standard InChI is InChI=1S/C23H44P2/c1-10-12-13-20(11-2)15-21-16-22(17-24(4,5)6)19(3)14-23(21)18-25(7,8)9/h14,16,20H,10-13,15,17-18H2,1-9H3/q+2. The van der Waals surface area contributed by atoms with Crippen molar-refractivity contribution in [2.75, 3.05) is 40.0 Å². The van der Waals surface area contributed by atoms with E-state index in [0.717, 1.165) is 5.92 Å². The number of aryl methyl sites for hydroxylation is 1. The second-order valence-electron chi connectivity index (χ2n) is 10.1. The molecular weight excluding hydrogens is 338 g/mol. The zero-order chi connectivity index (χ0) is 19.3. The molecule has 0 nitrogen and oxygen atoms in total. The smallest absolute Gasteiger partial charge is 0.0654 e. The van der Waals surface area contributed by atoms with Gasteiger partial charge in [0.1, 0.15) is 0 Å². The molecule has 0 radical (unpaired) electrons. The molecule has 1 unspecified atom stereocenters. The van der Waals surface area contributed by atoms with E-state index in [1.807, 2.05) is 0 Å². The van der Waals surface area contributed by atoms with Crippen LogP contribution in [0.5, 0.6) is 0 Å². The molecule has 0 saturated heterocycles. The van der Waals surface area contributed by atoms with E-state index in [9.17, 15) is 0 Å². The van der Waals surface area contributed by atoms with Gasteiger partial charge in [-0.25, -0.2) is 0 Å². The SMILES string of the molecule is CCCCC(CC)Cc1cc(C[P+](C)(C)C)c(C)cc1C[P+](C)(C)C. The quantitative estimate of drug-likeness (QED) is 0.366. The lowest BCUT2D eigenvalue weighted by Gasteiger charge is -2.22. The van der Waals surface area contributed by atoms with E-state index >= 15 is 0 Å². The first-order valence-electron chi connectivity index (χ1n) is 10.2. The maximum absolute atomic E-state index is 2.61. The molecule has 144 valence electrons. The van der Waals surface area contributed by atoms with Gasteiger partial charge >= 0.3 is 0 Å². The van der Waals surface area contributed by atoms with Gasteiger partial charge in [0.25, 0.3) is 0 Å². The molecule has 0 saturated carbocycles. The first kappa shape index (κ1) is 23.1. The third-order valence-corrected chi connectivity index (χ3v) is 7.58. The van der Waals surface area contributed by atoms with Crippen molar-refractivity contribution in [3.8, 4) is 0 Å². The molecule has 0 bridgehead atoms.